The largest absolute Gasteiger partial charge is 0.466 e. The molecule has 0 spiro atoms. The summed E-state index contributed by atoms with van der Waals surface area (Å²) in [7, 11) is 1.80. The van der Waals surface area contributed by atoms with Gasteiger partial charge in [0, 0.05) is 44.0 Å². The summed E-state index contributed by atoms with van der Waals surface area (Å²) in [6.45, 7) is 6.81. The second-order valence-corrected chi connectivity index (χ2v) is 8.11. The number of piperidine rings is 1. The Kier molecular flexibility index (Phi) is 7.63. The monoisotopic (exact) mass is 414 g/mol. The van der Waals surface area contributed by atoms with Gasteiger partial charge in [-0.2, -0.15) is 0 Å². The molecule has 1 fully saturated rings. The Bertz CT molecular complexity index is 824. The fraction of sp³-hybridized carbons (Fsp3) is 0.500. The fourth-order valence-electron chi connectivity index (χ4n) is 3.47. The number of aryl methyl sites for hydroxylation is 1. The van der Waals surface area contributed by atoms with Crippen molar-refractivity contribution in [3.63, 3.8) is 0 Å². The quantitative estimate of drug-likeness (QED) is 0.445. The second kappa shape index (κ2) is 10.4. The third-order valence-electron chi connectivity index (χ3n) is 5.14. The number of benzene rings is 1. The molecule has 0 saturated carbocycles. The maximum Gasteiger partial charge on any atom is 0.309 e. The highest BCUT2D eigenvalue weighted by Crippen LogP contribution is 2.24. The molecule has 0 radical (unpaired) electrons. The van der Waals surface area contributed by atoms with Crippen LogP contribution in [0.1, 0.15) is 31.0 Å². The Morgan fingerprint density at radius 3 is 2.69 bits per heavy atom. The van der Waals surface area contributed by atoms with Gasteiger partial charge in [-0.15, -0.1) is 11.3 Å². The molecular weight excluding hydrogens is 384 g/mol. The number of thiazole rings is 1. The zero-order valence-corrected chi connectivity index (χ0v) is 18.3. The van der Waals surface area contributed by atoms with E-state index in [1.165, 1.54) is 11.1 Å². The third-order valence-corrected chi connectivity index (χ3v) is 6.08. The Labute approximate surface area is 177 Å². The van der Waals surface area contributed by atoms with Crippen LogP contribution in [-0.4, -0.2) is 55.1 Å². The van der Waals surface area contributed by atoms with E-state index in [4.69, 9.17) is 9.72 Å². The van der Waals surface area contributed by atoms with Gasteiger partial charge in [0.05, 0.1) is 18.2 Å². The van der Waals surface area contributed by atoms with Crippen molar-refractivity contribution in [3.8, 4) is 10.6 Å². The average Bonchev–Trinajstić information content (AvgIpc) is 3.21. The Morgan fingerprint density at radius 1 is 1.31 bits per heavy atom. The van der Waals surface area contributed by atoms with Crippen molar-refractivity contribution in [1.29, 1.82) is 0 Å². The van der Waals surface area contributed by atoms with Crippen molar-refractivity contribution < 1.29 is 9.53 Å². The number of guanidine groups is 1. The average molecular weight is 415 g/mol. The Hall–Kier alpha value is -2.41. The summed E-state index contributed by atoms with van der Waals surface area (Å²) in [5.74, 6) is 0.837. The number of nitrogens with one attached hydrogen (secondary N) is 1. The van der Waals surface area contributed by atoms with Crippen molar-refractivity contribution in [2.75, 3.05) is 33.3 Å². The molecule has 2 heterocycles. The lowest BCUT2D eigenvalue weighted by molar-refractivity contribution is -0.149. The van der Waals surface area contributed by atoms with Crippen LogP contribution in [0.25, 0.3) is 10.6 Å². The smallest absolute Gasteiger partial charge is 0.309 e. The lowest BCUT2D eigenvalue weighted by Gasteiger charge is -2.33. The first kappa shape index (κ1) is 21.3. The molecule has 0 aliphatic carbocycles. The number of esters is 1. The number of aliphatic imine (C=N–C) groups is 1. The highest BCUT2D eigenvalue weighted by Gasteiger charge is 2.27. The summed E-state index contributed by atoms with van der Waals surface area (Å²) in [6, 6.07) is 8.48. The van der Waals surface area contributed by atoms with Crippen LogP contribution in [0.5, 0.6) is 0 Å². The van der Waals surface area contributed by atoms with Crippen LogP contribution in [-0.2, 0) is 16.0 Å². The van der Waals surface area contributed by atoms with Gasteiger partial charge in [0.1, 0.15) is 5.01 Å². The molecule has 6 nitrogen and oxygen atoms in total. The predicted octanol–water partition coefficient (Wildman–Crippen LogP) is 3.51. The molecule has 1 N–H and O–H groups in total. The standard InChI is InChI=1S/C22H30N4O2S/c1-4-28-21(27)18-10-13-26(14-11-18)22(23-3)24-12-9-19-15-29-20(25-19)17-7-5-16(2)6-8-17/h5-8,15,18H,4,9-14H2,1-3H3,(H,23,24). The van der Waals surface area contributed by atoms with Crippen molar-refractivity contribution in [3.05, 3.63) is 40.9 Å². The van der Waals surface area contributed by atoms with Gasteiger partial charge < -0.3 is 15.0 Å². The zero-order valence-electron chi connectivity index (χ0n) is 17.5. The lowest BCUT2D eigenvalue weighted by atomic mass is 9.97. The number of hydrogen-bond acceptors (Lipinski definition) is 5. The first-order chi connectivity index (χ1) is 14.1. The number of hydrogen-bond donors (Lipinski definition) is 1. The highest BCUT2D eigenvalue weighted by molar-refractivity contribution is 7.13. The van der Waals surface area contributed by atoms with Gasteiger partial charge in [0.25, 0.3) is 0 Å². The van der Waals surface area contributed by atoms with E-state index < -0.39 is 0 Å². The van der Waals surface area contributed by atoms with Crippen LogP contribution < -0.4 is 5.32 Å². The fourth-order valence-corrected chi connectivity index (χ4v) is 4.33. The number of rotatable bonds is 6. The van der Waals surface area contributed by atoms with E-state index in [1.807, 2.05) is 6.92 Å². The summed E-state index contributed by atoms with van der Waals surface area (Å²) in [5, 5.41) is 6.63. The van der Waals surface area contributed by atoms with E-state index >= 15 is 0 Å². The molecule has 1 aliphatic rings. The molecule has 1 aromatic heterocycles. The van der Waals surface area contributed by atoms with Crippen molar-refractivity contribution in [1.82, 2.24) is 15.2 Å². The van der Waals surface area contributed by atoms with E-state index in [-0.39, 0.29) is 11.9 Å². The number of nitrogens with zero attached hydrogens (tertiary/aromatic N) is 3. The number of aromatic nitrogens is 1. The second-order valence-electron chi connectivity index (χ2n) is 7.25. The molecule has 3 rings (SSSR count). The molecule has 0 bridgehead atoms. The molecular formula is C22H30N4O2S. The van der Waals surface area contributed by atoms with Crippen LogP contribution in [0, 0.1) is 12.8 Å². The number of likely N-dealkylation sites (tertiary alicyclic amines) is 1. The predicted molar refractivity (Wildman–Crippen MR) is 118 cm³/mol. The van der Waals surface area contributed by atoms with E-state index in [1.54, 1.807) is 18.4 Å². The van der Waals surface area contributed by atoms with Crippen LogP contribution in [0.2, 0.25) is 0 Å². The van der Waals surface area contributed by atoms with Crippen LogP contribution in [0.4, 0.5) is 0 Å². The van der Waals surface area contributed by atoms with Crippen LogP contribution >= 0.6 is 11.3 Å². The van der Waals surface area contributed by atoms with Crippen molar-refractivity contribution in [2.45, 2.75) is 33.1 Å². The number of carbonyl (C=O) groups excluding carboxylic acids is 1. The molecule has 0 unspecified atom stereocenters. The molecule has 1 aromatic carbocycles. The zero-order chi connectivity index (χ0) is 20.6. The third kappa shape index (κ3) is 5.79. The number of carbonyl (C=O) groups is 1. The van der Waals surface area contributed by atoms with Crippen molar-refractivity contribution in [2.24, 2.45) is 10.9 Å². The van der Waals surface area contributed by atoms with Gasteiger partial charge in [-0.3, -0.25) is 9.79 Å². The maximum atomic E-state index is 11.9. The summed E-state index contributed by atoms with van der Waals surface area (Å²) in [6.07, 6.45) is 2.47. The molecule has 0 atom stereocenters. The Balaban J connectivity index is 1.46. The normalized spacial score (nSPS) is 15.4. The van der Waals surface area contributed by atoms with Gasteiger partial charge in [-0.25, -0.2) is 4.98 Å². The Morgan fingerprint density at radius 2 is 2.03 bits per heavy atom. The van der Waals surface area contributed by atoms with Gasteiger partial charge in [-0.05, 0) is 26.7 Å². The lowest BCUT2D eigenvalue weighted by Crippen LogP contribution is -2.47. The molecule has 7 heteroatoms. The summed E-state index contributed by atoms with van der Waals surface area (Å²) < 4.78 is 5.15. The molecule has 1 aliphatic heterocycles. The molecule has 0 amide bonds. The first-order valence-electron chi connectivity index (χ1n) is 10.2. The van der Waals surface area contributed by atoms with E-state index in [2.05, 4.69) is 51.8 Å². The van der Waals surface area contributed by atoms with Crippen LogP contribution in [0.15, 0.2) is 34.6 Å². The first-order valence-corrected chi connectivity index (χ1v) is 11.1. The van der Waals surface area contributed by atoms with Crippen LogP contribution in [0.3, 0.4) is 0 Å². The minimum absolute atomic E-state index is 0.0134. The SMILES string of the molecule is CCOC(=O)C1CCN(C(=NC)NCCc2csc(-c3ccc(C)cc3)n2)CC1. The van der Waals surface area contributed by atoms with Crippen molar-refractivity contribution >= 4 is 23.3 Å². The van der Waals surface area contributed by atoms with E-state index in [0.29, 0.717) is 6.61 Å². The van der Waals surface area contributed by atoms with Gasteiger partial charge in [0.15, 0.2) is 5.96 Å². The molecule has 29 heavy (non-hydrogen) atoms. The summed E-state index contributed by atoms with van der Waals surface area (Å²) in [4.78, 5) is 23.3. The summed E-state index contributed by atoms with van der Waals surface area (Å²) >= 11 is 1.68. The minimum Gasteiger partial charge on any atom is -0.466 e. The van der Waals surface area contributed by atoms with Gasteiger partial charge in [0.2, 0.25) is 0 Å². The van der Waals surface area contributed by atoms with E-state index in [9.17, 15) is 4.79 Å². The highest BCUT2D eigenvalue weighted by atomic mass is 32.1. The minimum atomic E-state index is -0.0667. The summed E-state index contributed by atoms with van der Waals surface area (Å²) in [5.41, 5.74) is 3.52. The van der Waals surface area contributed by atoms with E-state index in [0.717, 1.165) is 55.6 Å². The van der Waals surface area contributed by atoms with Gasteiger partial charge >= 0.3 is 5.97 Å². The maximum absolute atomic E-state index is 11.9. The molecule has 1 saturated heterocycles. The molecule has 156 valence electrons. The molecule has 2 aromatic rings. The topological polar surface area (TPSA) is 66.8 Å². The van der Waals surface area contributed by atoms with Gasteiger partial charge in [-0.1, -0.05) is 29.8 Å². The number of ether oxygens (including phenoxy) is 1.